The van der Waals surface area contributed by atoms with Gasteiger partial charge >= 0.3 is 6.03 Å². The Hall–Kier alpha value is -1.33. The van der Waals surface area contributed by atoms with E-state index in [9.17, 15) is 14.3 Å². The van der Waals surface area contributed by atoms with Gasteiger partial charge in [-0.2, -0.15) is 0 Å². The maximum Gasteiger partial charge on any atom is 0.317 e. The molecule has 2 N–H and O–H groups in total. The van der Waals surface area contributed by atoms with Crippen molar-refractivity contribution in [2.45, 2.75) is 31.8 Å². The number of hydrogen-bond donors (Lipinski definition) is 2. The van der Waals surface area contributed by atoms with E-state index in [-0.39, 0.29) is 30.2 Å². The molecule has 1 fully saturated rings. The standard InChI is InChI=1S/C14H18ClFN2O2/c15-12-6-3-4-10(13(12)16)8-17-14(20)18-7-2-1-5-11(18)9-19/h3-4,6,11,19H,1-2,5,7-9H2,(H,17,20)/t11-/m0/s1. The van der Waals surface area contributed by atoms with E-state index in [1.165, 1.54) is 6.07 Å². The summed E-state index contributed by atoms with van der Waals surface area (Å²) in [5.41, 5.74) is 0.350. The number of nitrogens with one attached hydrogen (secondary N) is 1. The van der Waals surface area contributed by atoms with Crippen molar-refractivity contribution in [3.63, 3.8) is 0 Å². The number of carbonyl (C=O) groups is 1. The van der Waals surface area contributed by atoms with Crippen LogP contribution in [0.5, 0.6) is 0 Å². The highest BCUT2D eigenvalue weighted by atomic mass is 35.5. The SMILES string of the molecule is O=C(NCc1cccc(Cl)c1F)N1CCCC[C@H]1CO. The molecule has 1 aliphatic rings. The minimum absolute atomic E-state index is 0.0427. The number of likely N-dealkylation sites (tertiary alicyclic amines) is 1. The average molecular weight is 301 g/mol. The number of amides is 2. The zero-order valence-corrected chi connectivity index (χ0v) is 11.9. The first-order chi connectivity index (χ1) is 9.63. The smallest absolute Gasteiger partial charge is 0.317 e. The van der Waals surface area contributed by atoms with Crippen LogP contribution in [0, 0.1) is 5.82 Å². The largest absolute Gasteiger partial charge is 0.394 e. The van der Waals surface area contributed by atoms with E-state index >= 15 is 0 Å². The van der Waals surface area contributed by atoms with Gasteiger partial charge < -0.3 is 15.3 Å². The van der Waals surface area contributed by atoms with Gasteiger partial charge in [-0.25, -0.2) is 9.18 Å². The van der Waals surface area contributed by atoms with Gasteiger partial charge in [0.25, 0.3) is 0 Å². The van der Waals surface area contributed by atoms with E-state index in [2.05, 4.69) is 5.32 Å². The molecule has 0 aliphatic carbocycles. The van der Waals surface area contributed by atoms with Crippen LogP contribution in [-0.2, 0) is 6.54 Å². The zero-order valence-electron chi connectivity index (χ0n) is 11.1. The molecule has 1 aromatic rings. The summed E-state index contributed by atoms with van der Waals surface area (Å²) >= 11 is 5.69. The molecule has 0 saturated carbocycles. The molecule has 20 heavy (non-hydrogen) atoms. The number of hydrogen-bond acceptors (Lipinski definition) is 2. The maximum atomic E-state index is 13.7. The molecule has 0 aromatic heterocycles. The van der Waals surface area contributed by atoms with Gasteiger partial charge in [-0.3, -0.25) is 0 Å². The summed E-state index contributed by atoms with van der Waals surface area (Å²) in [6.07, 6.45) is 2.74. The van der Waals surface area contributed by atoms with Gasteiger partial charge in [0.1, 0.15) is 5.82 Å². The average Bonchev–Trinajstić information content (AvgIpc) is 2.48. The fraction of sp³-hybridized carbons (Fsp3) is 0.500. The molecule has 6 heteroatoms. The highest BCUT2D eigenvalue weighted by Gasteiger charge is 2.25. The number of halogens is 2. The van der Waals surface area contributed by atoms with Crippen LogP contribution in [0.2, 0.25) is 5.02 Å². The van der Waals surface area contributed by atoms with Crippen LogP contribution in [0.15, 0.2) is 18.2 Å². The summed E-state index contributed by atoms with van der Waals surface area (Å²) in [6, 6.07) is 4.27. The summed E-state index contributed by atoms with van der Waals surface area (Å²) in [5.74, 6) is -0.508. The summed E-state index contributed by atoms with van der Waals surface area (Å²) < 4.78 is 13.7. The number of rotatable bonds is 3. The maximum absolute atomic E-state index is 13.7. The van der Waals surface area contributed by atoms with Gasteiger partial charge in [0.05, 0.1) is 17.7 Å². The van der Waals surface area contributed by atoms with Gasteiger partial charge in [-0.05, 0) is 25.3 Å². The minimum atomic E-state index is -0.508. The number of piperidine rings is 1. The van der Waals surface area contributed by atoms with Gasteiger partial charge in [0.15, 0.2) is 0 Å². The molecule has 110 valence electrons. The third-order valence-electron chi connectivity index (χ3n) is 3.56. The highest BCUT2D eigenvalue weighted by molar-refractivity contribution is 6.30. The molecule has 0 radical (unpaired) electrons. The van der Waals surface area contributed by atoms with Crippen LogP contribution >= 0.6 is 11.6 Å². The monoisotopic (exact) mass is 300 g/mol. The Morgan fingerprint density at radius 3 is 3.05 bits per heavy atom. The van der Waals surface area contributed by atoms with E-state index < -0.39 is 5.82 Å². The highest BCUT2D eigenvalue weighted by Crippen LogP contribution is 2.19. The van der Waals surface area contributed by atoms with Crippen molar-refractivity contribution in [2.75, 3.05) is 13.2 Å². The second-order valence-electron chi connectivity index (χ2n) is 4.90. The lowest BCUT2D eigenvalue weighted by molar-refractivity contribution is 0.108. The summed E-state index contributed by atoms with van der Waals surface area (Å²) in [4.78, 5) is 13.7. The number of benzene rings is 1. The van der Waals surface area contributed by atoms with Crippen LogP contribution in [0.4, 0.5) is 9.18 Å². The Labute approximate surface area is 122 Å². The van der Waals surface area contributed by atoms with Crippen molar-refractivity contribution in [2.24, 2.45) is 0 Å². The Bertz CT molecular complexity index is 484. The lowest BCUT2D eigenvalue weighted by Crippen LogP contribution is -2.49. The normalized spacial score (nSPS) is 18.9. The fourth-order valence-electron chi connectivity index (χ4n) is 2.42. The molecule has 1 atom stereocenters. The number of aliphatic hydroxyl groups is 1. The Morgan fingerprint density at radius 2 is 2.30 bits per heavy atom. The predicted octanol–water partition coefficient (Wildman–Crippen LogP) is 2.54. The zero-order chi connectivity index (χ0) is 14.5. The Kier molecular flexibility index (Phi) is 5.20. The van der Waals surface area contributed by atoms with E-state index in [1.54, 1.807) is 17.0 Å². The summed E-state index contributed by atoms with van der Waals surface area (Å²) in [6.45, 7) is 0.661. The molecule has 1 heterocycles. The summed E-state index contributed by atoms with van der Waals surface area (Å²) in [7, 11) is 0. The van der Waals surface area contributed by atoms with Crippen LogP contribution in [0.25, 0.3) is 0 Å². The molecule has 0 unspecified atom stereocenters. The van der Waals surface area contributed by atoms with Crippen LogP contribution in [-0.4, -0.2) is 35.2 Å². The number of carbonyl (C=O) groups excluding carboxylic acids is 1. The topological polar surface area (TPSA) is 52.6 Å². The van der Waals surface area contributed by atoms with Crippen molar-refractivity contribution < 1.29 is 14.3 Å². The van der Waals surface area contributed by atoms with Crippen molar-refractivity contribution in [3.8, 4) is 0 Å². The Morgan fingerprint density at radius 1 is 1.50 bits per heavy atom. The second-order valence-corrected chi connectivity index (χ2v) is 5.30. The van der Waals surface area contributed by atoms with E-state index in [0.29, 0.717) is 12.1 Å². The lowest BCUT2D eigenvalue weighted by Gasteiger charge is -2.34. The quantitative estimate of drug-likeness (QED) is 0.901. The molecule has 0 bridgehead atoms. The Balaban J connectivity index is 1.96. The molecular weight excluding hydrogens is 283 g/mol. The van der Waals surface area contributed by atoms with Crippen molar-refractivity contribution >= 4 is 17.6 Å². The van der Waals surface area contributed by atoms with Crippen LogP contribution < -0.4 is 5.32 Å². The van der Waals surface area contributed by atoms with E-state index in [1.807, 2.05) is 0 Å². The third kappa shape index (κ3) is 3.41. The van der Waals surface area contributed by atoms with Crippen LogP contribution in [0.3, 0.4) is 0 Å². The number of nitrogens with zero attached hydrogens (tertiary/aromatic N) is 1. The first-order valence-electron chi connectivity index (χ1n) is 6.71. The van der Waals surface area contributed by atoms with Crippen LogP contribution in [0.1, 0.15) is 24.8 Å². The third-order valence-corrected chi connectivity index (χ3v) is 3.85. The summed E-state index contributed by atoms with van der Waals surface area (Å²) in [5, 5.41) is 12.0. The molecule has 4 nitrogen and oxygen atoms in total. The lowest BCUT2D eigenvalue weighted by atomic mass is 10.0. The van der Waals surface area contributed by atoms with Gasteiger partial charge in [-0.15, -0.1) is 0 Å². The van der Waals surface area contributed by atoms with Gasteiger partial charge in [0, 0.05) is 18.7 Å². The van der Waals surface area contributed by atoms with Crippen molar-refractivity contribution in [3.05, 3.63) is 34.6 Å². The van der Waals surface area contributed by atoms with Gasteiger partial charge in [0.2, 0.25) is 0 Å². The molecule has 1 saturated heterocycles. The van der Waals surface area contributed by atoms with Crippen molar-refractivity contribution in [1.82, 2.24) is 10.2 Å². The molecular formula is C14H18ClFN2O2. The minimum Gasteiger partial charge on any atom is -0.394 e. The molecule has 0 spiro atoms. The van der Waals surface area contributed by atoms with Gasteiger partial charge in [-0.1, -0.05) is 23.7 Å². The second kappa shape index (κ2) is 6.90. The van der Waals surface area contributed by atoms with Crippen molar-refractivity contribution in [1.29, 1.82) is 0 Å². The fourth-order valence-corrected chi connectivity index (χ4v) is 2.61. The predicted molar refractivity (Wildman–Crippen MR) is 75.1 cm³/mol. The molecule has 1 aromatic carbocycles. The molecule has 1 aliphatic heterocycles. The molecule has 2 rings (SSSR count). The number of urea groups is 1. The first kappa shape index (κ1) is 15.1. The number of aliphatic hydroxyl groups excluding tert-OH is 1. The van der Waals surface area contributed by atoms with E-state index in [4.69, 9.17) is 11.6 Å². The molecule has 2 amide bonds. The first-order valence-corrected chi connectivity index (χ1v) is 7.09. The van der Waals surface area contributed by atoms with E-state index in [0.717, 1.165) is 19.3 Å².